The van der Waals surface area contributed by atoms with Gasteiger partial charge in [-0.05, 0) is 26.0 Å². The minimum absolute atomic E-state index is 0.0540. The highest BCUT2D eigenvalue weighted by molar-refractivity contribution is 7.93. The van der Waals surface area contributed by atoms with Gasteiger partial charge >= 0.3 is 5.97 Å². The number of aromatic amines is 1. The maximum absolute atomic E-state index is 13.0. The van der Waals surface area contributed by atoms with Gasteiger partial charge < -0.3 is 9.84 Å². The lowest BCUT2D eigenvalue weighted by Crippen LogP contribution is -2.47. The zero-order valence-corrected chi connectivity index (χ0v) is 13.3. The van der Waals surface area contributed by atoms with Crippen LogP contribution in [-0.4, -0.2) is 42.3 Å². The van der Waals surface area contributed by atoms with Crippen LogP contribution in [0.5, 0.6) is 5.75 Å². The molecule has 3 rings (SSSR count). The van der Waals surface area contributed by atoms with E-state index in [1.807, 2.05) is 0 Å². The van der Waals surface area contributed by atoms with Gasteiger partial charge in [-0.3, -0.25) is 9.40 Å². The van der Waals surface area contributed by atoms with Crippen molar-refractivity contribution >= 4 is 21.7 Å². The summed E-state index contributed by atoms with van der Waals surface area (Å²) in [6, 6.07) is 6.45. The number of nitrogens with one attached hydrogen (secondary N) is 1. The molecule has 1 aliphatic rings. The number of carboxylic acids is 1. The monoisotopic (exact) mass is 337 g/mol. The van der Waals surface area contributed by atoms with E-state index in [9.17, 15) is 18.3 Å². The third-order valence-electron chi connectivity index (χ3n) is 3.62. The number of aliphatic carboxylic acids is 1. The first kappa shape index (κ1) is 15.3. The number of anilines is 1. The van der Waals surface area contributed by atoms with Crippen LogP contribution in [0.15, 0.2) is 29.2 Å². The predicted molar refractivity (Wildman–Crippen MR) is 81.1 cm³/mol. The summed E-state index contributed by atoms with van der Waals surface area (Å²) < 4.78 is 32.5. The summed E-state index contributed by atoms with van der Waals surface area (Å²) in [6.07, 6.45) is -1.27. The zero-order chi connectivity index (χ0) is 16.8. The number of benzene rings is 1. The third-order valence-corrected chi connectivity index (χ3v) is 5.66. The Balaban J connectivity index is 2.16. The van der Waals surface area contributed by atoms with E-state index in [1.54, 1.807) is 38.1 Å². The van der Waals surface area contributed by atoms with E-state index in [0.29, 0.717) is 17.1 Å². The number of hydrogen-bond donors (Lipinski definition) is 2. The molecule has 1 unspecified atom stereocenters. The van der Waals surface area contributed by atoms with Crippen molar-refractivity contribution in [2.24, 2.45) is 0 Å². The van der Waals surface area contributed by atoms with Gasteiger partial charge in [0.1, 0.15) is 10.6 Å². The summed E-state index contributed by atoms with van der Waals surface area (Å²) in [5, 5.41) is 15.8. The number of sulfonamides is 1. The Morgan fingerprint density at radius 3 is 2.70 bits per heavy atom. The van der Waals surface area contributed by atoms with Crippen LogP contribution in [-0.2, 0) is 14.8 Å². The summed E-state index contributed by atoms with van der Waals surface area (Å²) in [5.41, 5.74) is 1.04. The van der Waals surface area contributed by atoms with Gasteiger partial charge in [0.05, 0.1) is 23.6 Å². The molecule has 2 N–H and O–H groups in total. The number of H-pyrrole nitrogens is 1. The number of ether oxygens (including phenoxy) is 1. The van der Waals surface area contributed by atoms with Crippen LogP contribution in [0.1, 0.15) is 11.4 Å². The fourth-order valence-electron chi connectivity index (χ4n) is 2.59. The average molecular weight is 337 g/mol. The molecule has 0 spiro atoms. The van der Waals surface area contributed by atoms with Crippen molar-refractivity contribution in [1.82, 2.24) is 10.2 Å². The first-order valence-corrected chi connectivity index (χ1v) is 8.29. The van der Waals surface area contributed by atoms with E-state index in [4.69, 9.17) is 4.74 Å². The number of aromatic nitrogens is 2. The second-order valence-electron chi connectivity index (χ2n) is 5.21. The van der Waals surface area contributed by atoms with Crippen molar-refractivity contribution in [3.05, 3.63) is 35.7 Å². The molecule has 2 heterocycles. The number of carboxylic acid groups (broad SMARTS) is 1. The molecule has 122 valence electrons. The second kappa shape index (κ2) is 5.27. The molecular weight excluding hydrogens is 322 g/mol. The summed E-state index contributed by atoms with van der Waals surface area (Å²) in [7, 11) is -3.96. The number of fused-ring (bicyclic) bond motifs is 1. The molecular formula is C14H15N3O5S. The number of hydrogen-bond acceptors (Lipinski definition) is 5. The molecule has 23 heavy (non-hydrogen) atoms. The lowest BCUT2D eigenvalue weighted by atomic mass is 10.2. The van der Waals surface area contributed by atoms with Crippen LogP contribution in [0.3, 0.4) is 0 Å². The van der Waals surface area contributed by atoms with Crippen molar-refractivity contribution in [2.75, 3.05) is 10.8 Å². The smallest absolute Gasteiger partial charge is 0.346 e. The lowest BCUT2D eigenvalue weighted by Gasteiger charge is -2.33. The van der Waals surface area contributed by atoms with Crippen LogP contribution in [0, 0.1) is 13.8 Å². The molecule has 1 aliphatic heterocycles. The summed E-state index contributed by atoms with van der Waals surface area (Å²) in [4.78, 5) is 11.3. The van der Waals surface area contributed by atoms with Gasteiger partial charge in [0.15, 0.2) is 0 Å². The fraction of sp³-hybridized carbons (Fsp3) is 0.286. The molecule has 0 fully saturated rings. The quantitative estimate of drug-likeness (QED) is 0.866. The molecule has 8 nitrogen and oxygen atoms in total. The van der Waals surface area contributed by atoms with Crippen LogP contribution in [0.2, 0.25) is 0 Å². The predicted octanol–water partition coefficient (Wildman–Crippen LogP) is 1.07. The van der Waals surface area contributed by atoms with Crippen molar-refractivity contribution in [3.8, 4) is 5.75 Å². The Labute approximate surface area is 132 Å². The topological polar surface area (TPSA) is 113 Å². The lowest BCUT2D eigenvalue weighted by molar-refractivity contribution is -0.144. The van der Waals surface area contributed by atoms with E-state index < -0.39 is 22.1 Å². The standard InChI is InChI=1S/C14H15N3O5S/c1-8-13(9(2)16-15-8)23(20,21)17-7-12(14(18)19)22-11-6-4-3-5-10(11)17/h3-6,12H,7H2,1-2H3,(H,15,16)(H,18,19). The third kappa shape index (κ3) is 2.42. The summed E-state index contributed by atoms with van der Waals surface area (Å²) in [5.74, 6) is -1.01. The van der Waals surface area contributed by atoms with Crippen molar-refractivity contribution < 1.29 is 23.1 Å². The van der Waals surface area contributed by atoms with Crippen LogP contribution >= 0.6 is 0 Å². The summed E-state index contributed by atoms with van der Waals surface area (Å²) in [6.45, 7) is 2.88. The SMILES string of the molecule is Cc1n[nH]c(C)c1S(=O)(=O)N1CC(C(=O)O)Oc2ccccc21. The van der Waals surface area contributed by atoms with E-state index >= 15 is 0 Å². The minimum Gasteiger partial charge on any atom is -0.478 e. The highest BCUT2D eigenvalue weighted by Gasteiger charge is 2.39. The minimum atomic E-state index is -3.96. The van der Waals surface area contributed by atoms with E-state index in [2.05, 4.69) is 10.2 Å². The molecule has 9 heteroatoms. The van der Waals surface area contributed by atoms with Crippen LogP contribution < -0.4 is 9.04 Å². The average Bonchev–Trinajstić information content (AvgIpc) is 2.85. The highest BCUT2D eigenvalue weighted by Crippen LogP contribution is 2.37. The van der Waals surface area contributed by atoms with E-state index in [0.717, 1.165) is 4.31 Å². The zero-order valence-electron chi connectivity index (χ0n) is 12.5. The number of para-hydroxylation sites is 2. The molecule has 0 amide bonds. The number of nitrogens with zero attached hydrogens (tertiary/aromatic N) is 2. The number of carbonyl (C=O) groups is 1. The Morgan fingerprint density at radius 2 is 2.09 bits per heavy atom. The van der Waals surface area contributed by atoms with Gasteiger partial charge in [0.2, 0.25) is 6.10 Å². The first-order valence-electron chi connectivity index (χ1n) is 6.85. The Morgan fingerprint density at radius 1 is 1.39 bits per heavy atom. The molecule has 0 saturated carbocycles. The highest BCUT2D eigenvalue weighted by atomic mass is 32.2. The first-order chi connectivity index (χ1) is 10.8. The van der Waals surface area contributed by atoms with Gasteiger partial charge in [-0.15, -0.1) is 0 Å². The van der Waals surface area contributed by atoms with Crippen LogP contribution in [0.4, 0.5) is 5.69 Å². The van der Waals surface area contributed by atoms with Gasteiger partial charge in [0.25, 0.3) is 10.0 Å². The molecule has 1 aromatic heterocycles. The number of aryl methyl sites for hydroxylation is 2. The number of rotatable bonds is 3. The fourth-order valence-corrected chi connectivity index (χ4v) is 4.40. The van der Waals surface area contributed by atoms with Crippen molar-refractivity contribution in [1.29, 1.82) is 0 Å². The molecule has 0 radical (unpaired) electrons. The second-order valence-corrected chi connectivity index (χ2v) is 7.01. The Hall–Kier alpha value is -2.55. The maximum Gasteiger partial charge on any atom is 0.346 e. The van der Waals surface area contributed by atoms with Gasteiger partial charge in [-0.2, -0.15) is 5.10 Å². The van der Waals surface area contributed by atoms with Crippen molar-refractivity contribution in [2.45, 2.75) is 24.8 Å². The molecule has 2 aromatic rings. The largest absolute Gasteiger partial charge is 0.478 e. The van der Waals surface area contributed by atoms with E-state index in [1.165, 1.54) is 0 Å². The molecule has 0 bridgehead atoms. The molecule has 0 saturated heterocycles. The maximum atomic E-state index is 13.0. The van der Waals surface area contributed by atoms with Crippen molar-refractivity contribution in [3.63, 3.8) is 0 Å². The molecule has 1 aromatic carbocycles. The van der Waals surface area contributed by atoms with Gasteiger partial charge in [-0.1, -0.05) is 12.1 Å². The Bertz CT molecular complexity index is 855. The van der Waals surface area contributed by atoms with Gasteiger partial charge in [0, 0.05) is 0 Å². The normalized spacial score (nSPS) is 17.5. The van der Waals surface area contributed by atoms with Gasteiger partial charge in [-0.25, -0.2) is 13.2 Å². The molecule has 0 aliphatic carbocycles. The van der Waals surface area contributed by atoms with E-state index in [-0.39, 0.29) is 17.2 Å². The van der Waals surface area contributed by atoms with Crippen LogP contribution in [0.25, 0.3) is 0 Å². The Kier molecular flexibility index (Phi) is 3.52. The molecule has 1 atom stereocenters. The summed E-state index contributed by atoms with van der Waals surface area (Å²) >= 11 is 0.